The SMILES string of the molecule is Cc1ncsc1CN1C[C@@H](F)C[C@H]1CN(C)C(=O)c1ccncc1F. The average molecular weight is 366 g/mol. The van der Waals surface area contributed by atoms with Gasteiger partial charge in [0, 0.05) is 43.8 Å². The number of likely N-dealkylation sites (tertiary alicyclic amines) is 1. The second kappa shape index (κ2) is 7.53. The summed E-state index contributed by atoms with van der Waals surface area (Å²) in [5.74, 6) is -1.07. The molecule has 0 saturated carbocycles. The summed E-state index contributed by atoms with van der Waals surface area (Å²) in [5, 5.41) is 0. The zero-order chi connectivity index (χ0) is 18.0. The fourth-order valence-electron chi connectivity index (χ4n) is 3.12. The maximum Gasteiger partial charge on any atom is 0.256 e. The number of carbonyl (C=O) groups excluding carboxylic acids is 1. The molecule has 1 aliphatic heterocycles. The Hall–Kier alpha value is -1.93. The van der Waals surface area contributed by atoms with Crippen LogP contribution >= 0.6 is 11.3 Å². The lowest BCUT2D eigenvalue weighted by Gasteiger charge is -2.28. The van der Waals surface area contributed by atoms with Crippen molar-refractivity contribution in [3.63, 3.8) is 0 Å². The second-order valence-electron chi connectivity index (χ2n) is 6.32. The number of carbonyl (C=O) groups is 1. The Kier molecular flexibility index (Phi) is 5.39. The van der Waals surface area contributed by atoms with Crippen molar-refractivity contribution < 1.29 is 13.6 Å². The first-order valence-corrected chi connectivity index (χ1v) is 8.95. The highest BCUT2D eigenvalue weighted by atomic mass is 32.1. The third-order valence-electron chi connectivity index (χ3n) is 4.50. The summed E-state index contributed by atoms with van der Waals surface area (Å²) >= 11 is 1.55. The zero-order valence-corrected chi connectivity index (χ0v) is 15.0. The Labute approximate surface area is 149 Å². The molecule has 3 rings (SSSR count). The summed E-state index contributed by atoms with van der Waals surface area (Å²) in [6.45, 7) is 3.24. The summed E-state index contributed by atoms with van der Waals surface area (Å²) in [6, 6.07) is 1.26. The Morgan fingerprint density at radius 2 is 2.32 bits per heavy atom. The number of nitrogens with zero attached hydrogens (tertiary/aromatic N) is 4. The second-order valence-corrected chi connectivity index (χ2v) is 7.26. The van der Waals surface area contributed by atoms with Gasteiger partial charge in [0.25, 0.3) is 5.91 Å². The number of rotatable bonds is 5. The van der Waals surface area contributed by atoms with Crippen molar-refractivity contribution in [2.24, 2.45) is 0 Å². The number of aryl methyl sites for hydroxylation is 1. The van der Waals surface area contributed by atoms with Gasteiger partial charge in [0.15, 0.2) is 5.82 Å². The Balaban J connectivity index is 1.68. The molecule has 0 N–H and O–H groups in total. The number of thiazole rings is 1. The van der Waals surface area contributed by atoms with Crippen LogP contribution in [0.5, 0.6) is 0 Å². The van der Waals surface area contributed by atoms with Crippen LogP contribution in [0.3, 0.4) is 0 Å². The molecule has 25 heavy (non-hydrogen) atoms. The van der Waals surface area contributed by atoms with Crippen LogP contribution in [0.4, 0.5) is 8.78 Å². The summed E-state index contributed by atoms with van der Waals surface area (Å²) < 4.78 is 27.7. The Morgan fingerprint density at radius 1 is 1.52 bits per heavy atom. The number of pyridine rings is 1. The Bertz CT molecular complexity index is 754. The fraction of sp³-hybridized carbons (Fsp3) is 0.471. The van der Waals surface area contributed by atoms with E-state index in [1.54, 1.807) is 23.9 Å². The van der Waals surface area contributed by atoms with Gasteiger partial charge in [-0.25, -0.2) is 13.8 Å². The van der Waals surface area contributed by atoms with E-state index in [1.165, 1.54) is 17.2 Å². The van der Waals surface area contributed by atoms with Gasteiger partial charge in [-0.1, -0.05) is 0 Å². The first-order valence-electron chi connectivity index (χ1n) is 8.07. The van der Waals surface area contributed by atoms with Crippen LogP contribution in [-0.2, 0) is 6.54 Å². The van der Waals surface area contributed by atoms with E-state index in [9.17, 15) is 13.6 Å². The van der Waals surface area contributed by atoms with Crippen molar-refractivity contribution >= 4 is 17.2 Å². The van der Waals surface area contributed by atoms with Gasteiger partial charge in [-0.05, 0) is 19.4 Å². The molecule has 8 heteroatoms. The number of likely N-dealkylation sites (N-methyl/N-ethyl adjacent to an activating group) is 1. The number of hydrogen-bond acceptors (Lipinski definition) is 5. The van der Waals surface area contributed by atoms with Crippen LogP contribution in [0.2, 0.25) is 0 Å². The van der Waals surface area contributed by atoms with Crippen LogP contribution < -0.4 is 0 Å². The van der Waals surface area contributed by atoms with Crippen LogP contribution in [-0.4, -0.2) is 58.0 Å². The van der Waals surface area contributed by atoms with Crippen molar-refractivity contribution in [3.05, 3.63) is 45.9 Å². The molecule has 0 aromatic carbocycles. The van der Waals surface area contributed by atoms with Gasteiger partial charge in [-0.2, -0.15) is 0 Å². The molecule has 5 nitrogen and oxygen atoms in total. The molecule has 3 heterocycles. The molecule has 0 radical (unpaired) electrons. The maximum absolute atomic E-state index is 14.0. The molecule has 0 unspecified atom stereocenters. The lowest BCUT2D eigenvalue weighted by molar-refractivity contribution is 0.0745. The maximum atomic E-state index is 14.0. The topological polar surface area (TPSA) is 49.3 Å². The van der Waals surface area contributed by atoms with Crippen LogP contribution in [0.1, 0.15) is 27.3 Å². The molecule has 0 bridgehead atoms. The van der Waals surface area contributed by atoms with Gasteiger partial charge in [0.1, 0.15) is 6.17 Å². The fourth-order valence-corrected chi connectivity index (χ4v) is 3.92. The monoisotopic (exact) mass is 366 g/mol. The standard InChI is InChI=1S/C17H20F2N4OS/c1-11-16(25-10-21-11)9-23-7-12(18)5-13(23)8-22(2)17(24)14-3-4-20-6-15(14)19/h3-4,6,10,12-13H,5,7-9H2,1-2H3/t12-,13-/m0/s1. The number of halogens is 2. The first kappa shape index (κ1) is 17.9. The van der Waals surface area contributed by atoms with Crippen molar-refractivity contribution in [3.8, 4) is 0 Å². The normalized spacial score (nSPS) is 20.8. The molecular weight excluding hydrogens is 346 g/mol. The predicted octanol–water partition coefficient (Wildman–Crippen LogP) is 2.67. The molecule has 0 aliphatic carbocycles. The van der Waals surface area contributed by atoms with E-state index in [2.05, 4.69) is 9.97 Å². The van der Waals surface area contributed by atoms with E-state index in [-0.39, 0.29) is 11.6 Å². The largest absolute Gasteiger partial charge is 0.340 e. The van der Waals surface area contributed by atoms with Crippen molar-refractivity contribution in [1.82, 2.24) is 19.8 Å². The van der Waals surface area contributed by atoms with Crippen LogP contribution in [0, 0.1) is 12.7 Å². The molecule has 2 aromatic rings. The molecule has 134 valence electrons. The first-order chi connectivity index (χ1) is 12.0. The lowest BCUT2D eigenvalue weighted by atomic mass is 10.1. The third kappa shape index (κ3) is 4.01. The summed E-state index contributed by atoms with van der Waals surface area (Å²) in [7, 11) is 1.61. The zero-order valence-electron chi connectivity index (χ0n) is 14.2. The molecule has 2 atom stereocenters. The van der Waals surface area contributed by atoms with E-state index in [1.807, 2.05) is 11.8 Å². The quantitative estimate of drug-likeness (QED) is 0.816. The summed E-state index contributed by atoms with van der Waals surface area (Å²) in [4.78, 5) is 24.9. The molecular formula is C17H20F2N4OS. The number of hydrogen-bond donors (Lipinski definition) is 0. The van der Waals surface area contributed by atoms with E-state index >= 15 is 0 Å². The minimum atomic E-state index is -0.917. The van der Waals surface area contributed by atoms with Gasteiger partial charge >= 0.3 is 0 Å². The minimum absolute atomic E-state index is 0.0165. The third-order valence-corrected chi connectivity index (χ3v) is 5.42. The average Bonchev–Trinajstić information content (AvgIpc) is 3.13. The number of amides is 1. The molecule has 1 saturated heterocycles. The van der Waals surface area contributed by atoms with E-state index < -0.39 is 17.9 Å². The summed E-state index contributed by atoms with van der Waals surface area (Å²) in [5.41, 5.74) is 2.72. The van der Waals surface area contributed by atoms with Crippen molar-refractivity contribution in [1.29, 1.82) is 0 Å². The minimum Gasteiger partial charge on any atom is -0.340 e. The van der Waals surface area contributed by atoms with Gasteiger partial charge in [-0.15, -0.1) is 11.3 Å². The van der Waals surface area contributed by atoms with Gasteiger partial charge < -0.3 is 4.90 Å². The highest BCUT2D eigenvalue weighted by molar-refractivity contribution is 7.09. The van der Waals surface area contributed by atoms with E-state index in [0.29, 0.717) is 26.1 Å². The highest BCUT2D eigenvalue weighted by Crippen LogP contribution is 2.26. The van der Waals surface area contributed by atoms with Crippen molar-refractivity contribution in [2.45, 2.75) is 32.1 Å². The Morgan fingerprint density at radius 3 is 3.00 bits per heavy atom. The van der Waals surface area contributed by atoms with Gasteiger partial charge in [0.2, 0.25) is 0 Å². The molecule has 1 aliphatic rings. The number of aromatic nitrogens is 2. The number of alkyl halides is 1. The van der Waals surface area contributed by atoms with Crippen LogP contribution in [0.15, 0.2) is 24.0 Å². The van der Waals surface area contributed by atoms with Crippen LogP contribution in [0.25, 0.3) is 0 Å². The molecule has 1 fully saturated rings. The molecule has 2 aromatic heterocycles. The van der Waals surface area contributed by atoms with Gasteiger partial charge in [-0.3, -0.25) is 14.7 Å². The molecule has 1 amide bonds. The smallest absolute Gasteiger partial charge is 0.256 e. The lowest BCUT2D eigenvalue weighted by Crippen LogP contribution is -2.41. The highest BCUT2D eigenvalue weighted by Gasteiger charge is 2.34. The predicted molar refractivity (Wildman–Crippen MR) is 91.7 cm³/mol. The van der Waals surface area contributed by atoms with E-state index in [0.717, 1.165) is 16.8 Å². The molecule has 0 spiro atoms. The van der Waals surface area contributed by atoms with Gasteiger partial charge in [0.05, 0.1) is 23.0 Å². The van der Waals surface area contributed by atoms with Crippen molar-refractivity contribution in [2.75, 3.05) is 20.1 Å². The summed E-state index contributed by atoms with van der Waals surface area (Å²) in [6.07, 6.45) is 1.86. The van der Waals surface area contributed by atoms with E-state index in [4.69, 9.17) is 0 Å².